The highest BCUT2D eigenvalue weighted by molar-refractivity contribution is 5.36. The fraction of sp³-hybridized carbons (Fsp3) is 0.500. The first kappa shape index (κ1) is 12.2. The number of piperidine rings is 1. The summed E-state index contributed by atoms with van der Waals surface area (Å²) in [5, 5.41) is 0. The molecule has 0 saturated carbocycles. The Morgan fingerprint density at radius 2 is 1.65 bits per heavy atom. The predicted octanol–water partition coefficient (Wildman–Crippen LogP) is 3.30. The van der Waals surface area contributed by atoms with Gasteiger partial charge in [0.05, 0.1) is 5.54 Å². The summed E-state index contributed by atoms with van der Waals surface area (Å²) in [6, 6.07) is 10.2. The molecule has 0 N–H and O–H groups in total. The van der Waals surface area contributed by atoms with Gasteiger partial charge in [0.15, 0.2) is 0 Å². The Bertz CT molecular complexity index is 402. The molecule has 0 radical (unpaired) electrons. The molecule has 1 aliphatic heterocycles. The van der Waals surface area contributed by atoms with Crippen molar-refractivity contribution in [1.29, 1.82) is 0 Å². The van der Waals surface area contributed by atoms with Gasteiger partial charge in [0, 0.05) is 5.56 Å². The molecule has 1 aromatic rings. The smallest absolute Gasteiger partial charge is 0.0772 e. The summed E-state index contributed by atoms with van der Waals surface area (Å²) in [6.45, 7) is 6.84. The topological polar surface area (TPSA) is 3.24 Å². The van der Waals surface area contributed by atoms with E-state index in [1.165, 1.54) is 32.4 Å². The number of benzene rings is 1. The van der Waals surface area contributed by atoms with Crippen LogP contribution in [0.2, 0.25) is 0 Å². The zero-order valence-corrected chi connectivity index (χ0v) is 10.9. The third-order valence-electron chi connectivity index (χ3n) is 3.43. The molecule has 90 valence electrons. The van der Waals surface area contributed by atoms with Crippen molar-refractivity contribution in [2.24, 2.45) is 0 Å². The van der Waals surface area contributed by atoms with Gasteiger partial charge >= 0.3 is 0 Å². The third-order valence-corrected chi connectivity index (χ3v) is 3.43. The summed E-state index contributed by atoms with van der Waals surface area (Å²) in [4.78, 5) is 2.51. The summed E-state index contributed by atoms with van der Waals surface area (Å²) in [7, 11) is 0. The van der Waals surface area contributed by atoms with Gasteiger partial charge < -0.3 is 0 Å². The third kappa shape index (κ3) is 3.35. The number of likely N-dealkylation sites (tertiary alicyclic amines) is 1. The Kier molecular flexibility index (Phi) is 3.86. The molecule has 1 nitrogen and oxygen atoms in total. The van der Waals surface area contributed by atoms with E-state index in [9.17, 15) is 0 Å². The monoisotopic (exact) mass is 227 g/mol. The zero-order chi connectivity index (χ0) is 12.1. The van der Waals surface area contributed by atoms with Crippen LogP contribution in [-0.2, 0) is 0 Å². The lowest BCUT2D eigenvalue weighted by Gasteiger charge is -2.37. The van der Waals surface area contributed by atoms with Gasteiger partial charge in [0.2, 0.25) is 0 Å². The van der Waals surface area contributed by atoms with E-state index < -0.39 is 0 Å². The molecule has 1 aliphatic rings. The first-order valence-electron chi connectivity index (χ1n) is 6.52. The SMILES string of the molecule is CC(C)(C#Cc1ccccc1)N1CCCCC1. The van der Waals surface area contributed by atoms with Crippen LogP contribution in [0.3, 0.4) is 0 Å². The molecule has 0 bridgehead atoms. The molecule has 0 aromatic heterocycles. The second-order valence-corrected chi connectivity index (χ2v) is 5.22. The average Bonchev–Trinajstić information content (AvgIpc) is 2.39. The largest absolute Gasteiger partial charge is 0.288 e. The van der Waals surface area contributed by atoms with E-state index in [0.717, 1.165) is 5.56 Å². The van der Waals surface area contributed by atoms with Crippen molar-refractivity contribution in [2.45, 2.75) is 38.6 Å². The van der Waals surface area contributed by atoms with Crippen molar-refractivity contribution in [2.75, 3.05) is 13.1 Å². The van der Waals surface area contributed by atoms with Gasteiger partial charge in [-0.1, -0.05) is 36.5 Å². The highest BCUT2D eigenvalue weighted by Gasteiger charge is 2.25. The lowest BCUT2D eigenvalue weighted by Crippen LogP contribution is -2.45. The average molecular weight is 227 g/mol. The summed E-state index contributed by atoms with van der Waals surface area (Å²) < 4.78 is 0. The standard InChI is InChI=1S/C16H21N/c1-16(2,17-13-7-4-8-14-17)12-11-15-9-5-3-6-10-15/h3,5-6,9-10H,4,7-8,13-14H2,1-2H3. The molecule has 0 spiro atoms. The van der Waals surface area contributed by atoms with Crippen LogP contribution in [0.4, 0.5) is 0 Å². The van der Waals surface area contributed by atoms with Gasteiger partial charge in [-0.05, 0) is 51.9 Å². The van der Waals surface area contributed by atoms with Crippen molar-refractivity contribution in [3.8, 4) is 11.8 Å². The summed E-state index contributed by atoms with van der Waals surface area (Å²) in [5.41, 5.74) is 1.11. The van der Waals surface area contributed by atoms with E-state index in [1.54, 1.807) is 0 Å². The maximum absolute atomic E-state index is 3.42. The van der Waals surface area contributed by atoms with Gasteiger partial charge in [0.25, 0.3) is 0 Å². The van der Waals surface area contributed by atoms with Crippen LogP contribution in [0.25, 0.3) is 0 Å². The van der Waals surface area contributed by atoms with Crippen LogP contribution < -0.4 is 0 Å². The Morgan fingerprint density at radius 3 is 2.29 bits per heavy atom. The quantitative estimate of drug-likeness (QED) is 0.665. The van der Waals surface area contributed by atoms with Crippen molar-refractivity contribution >= 4 is 0 Å². The summed E-state index contributed by atoms with van der Waals surface area (Å²) >= 11 is 0. The van der Waals surface area contributed by atoms with E-state index in [-0.39, 0.29) is 5.54 Å². The first-order chi connectivity index (χ1) is 8.18. The Morgan fingerprint density at radius 1 is 1.00 bits per heavy atom. The molecule has 0 unspecified atom stereocenters. The Hall–Kier alpha value is -1.26. The Labute approximate surface area is 105 Å². The second kappa shape index (κ2) is 5.38. The van der Waals surface area contributed by atoms with E-state index in [4.69, 9.17) is 0 Å². The van der Waals surface area contributed by atoms with Gasteiger partial charge in [-0.25, -0.2) is 0 Å². The molecule has 1 fully saturated rings. The maximum Gasteiger partial charge on any atom is 0.0772 e. The minimum absolute atomic E-state index is 0.00371. The van der Waals surface area contributed by atoms with E-state index in [1.807, 2.05) is 18.2 Å². The molecule has 1 heteroatoms. The van der Waals surface area contributed by atoms with Crippen molar-refractivity contribution in [3.63, 3.8) is 0 Å². The van der Waals surface area contributed by atoms with Crippen LogP contribution in [-0.4, -0.2) is 23.5 Å². The number of hydrogen-bond acceptors (Lipinski definition) is 1. The van der Waals surface area contributed by atoms with Gasteiger partial charge in [-0.3, -0.25) is 4.90 Å². The van der Waals surface area contributed by atoms with Crippen LogP contribution in [0, 0.1) is 11.8 Å². The molecule has 0 amide bonds. The zero-order valence-electron chi connectivity index (χ0n) is 10.9. The van der Waals surface area contributed by atoms with Crippen LogP contribution in [0.1, 0.15) is 38.7 Å². The number of hydrogen-bond donors (Lipinski definition) is 0. The van der Waals surface area contributed by atoms with E-state index in [2.05, 4.69) is 42.7 Å². The molecule has 1 saturated heterocycles. The molecule has 17 heavy (non-hydrogen) atoms. The first-order valence-corrected chi connectivity index (χ1v) is 6.52. The minimum atomic E-state index is -0.00371. The molecular formula is C16H21N. The highest BCUT2D eigenvalue weighted by Crippen LogP contribution is 2.19. The van der Waals surface area contributed by atoms with E-state index in [0.29, 0.717) is 0 Å². The molecular weight excluding hydrogens is 206 g/mol. The van der Waals surface area contributed by atoms with Gasteiger partial charge in [-0.15, -0.1) is 0 Å². The molecule has 1 aromatic carbocycles. The van der Waals surface area contributed by atoms with Gasteiger partial charge in [0.1, 0.15) is 0 Å². The molecule has 2 rings (SSSR count). The summed E-state index contributed by atoms with van der Waals surface area (Å²) in [6.07, 6.45) is 4.01. The maximum atomic E-state index is 3.42. The van der Waals surface area contributed by atoms with Crippen molar-refractivity contribution in [3.05, 3.63) is 35.9 Å². The number of nitrogens with zero attached hydrogens (tertiary/aromatic N) is 1. The summed E-state index contributed by atoms with van der Waals surface area (Å²) in [5.74, 6) is 6.71. The molecule has 0 aliphatic carbocycles. The molecule has 0 atom stereocenters. The van der Waals surface area contributed by atoms with Gasteiger partial charge in [-0.2, -0.15) is 0 Å². The normalized spacial score (nSPS) is 17.3. The fourth-order valence-electron chi connectivity index (χ4n) is 2.28. The Balaban J connectivity index is 2.08. The lowest BCUT2D eigenvalue weighted by molar-refractivity contribution is 0.139. The fourth-order valence-corrected chi connectivity index (χ4v) is 2.28. The van der Waals surface area contributed by atoms with Crippen molar-refractivity contribution in [1.82, 2.24) is 4.90 Å². The minimum Gasteiger partial charge on any atom is -0.288 e. The lowest BCUT2D eigenvalue weighted by atomic mass is 9.99. The number of rotatable bonds is 1. The van der Waals surface area contributed by atoms with Crippen LogP contribution in [0.5, 0.6) is 0 Å². The van der Waals surface area contributed by atoms with Crippen molar-refractivity contribution < 1.29 is 0 Å². The predicted molar refractivity (Wildman–Crippen MR) is 72.8 cm³/mol. The molecule has 1 heterocycles. The van der Waals surface area contributed by atoms with Crippen LogP contribution in [0.15, 0.2) is 30.3 Å². The van der Waals surface area contributed by atoms with E-state index >= 15 is 0 Å². The highest BCUT2D eigenvalue weighted by atomic mass is 15.2. The second-order valence-electron chi connectivity index (χ2n) is 5.22. The van der Waals surface area contributed by atoms with Crippen LogP contribution >= 0.6 is 0 Å².